The second kappa shape index (κ2) is 8.52. The molecule has 0 bridgehead atoms. The van der Waals surface area contributed by atoms with Gasteiger partial charge in [0.1, 0.15) is 0 Å². The van der Waals surface area contributed by atoms with Gasteiger partial charge < -0.3 is 15.1 Å². The Bertz CT molecular complexity index is 393. The van der Waals surface area contributed by atoms with E-state index in [-0.39, 0.29) is 0 Å². The largest absolute Gasteiger partial charge is 0.315 e. The molecule has 118 valence electrons. The lowest BCUT2D eigenvalue weighted by atomic mass is 9.98. The Hall–Kier alpha value is -0.900. The summed E-state index contributed by atoms with van der Waals surface area (Å²) in [5.41, 5.74) is 1.46. The molecular formula is C18H31N3. The van der Waals surface area contributed by atoms with Gasteiger partial charge >= 0.3 is 0 Å². The van der Waals surface area contributed by atoms with Crippen molar-refractivity contribution < 1.29 is 0 Å². The van der Waals surface area contributed by atoms with Crippen molar-refractivity contribution in [3.8, 4) is 0 Å². The molecule has 1 heterocycles. The maximum absolute atomic E-state index is 3.57. The van der Waals surface area contributed by atoms with E-state index in [2.05, 4.69) is 66.6 Å². The molecule has 2 atom stereocenters. The Morgan fingerprint density at radius 1 is 1.19 bits per heavy atom. The third-order valence-electron chi connectivity index (χ3n) is 4.77. The number of nitrogens with one attached hydrogen (secondary N) is 1. The molecule has 0 aromatic heterocycles. The standard InChI is InChI=1S/C18H31N3/c1-19-17(12-7-11-16-9-5-4-6-10-16)18-15-20(2)13-8-14-21(18)3/h4-6,9-10,17-19H,7-8,11-15H2,1-3H3. The second-order valence-corrected chi connectivity index (χ2v) is 6.44. The van der Waals surface area contributed by atoms with Crippen LogP contribution in [0.15, 0.2) is 30.3 Å². The molecule has 0 aliphatic carbocycles. The fraction of sp³-hybridized carbons (Fsp3) is 0.667. The zero-order chi connectivity index (χ0) is 15.1. The summed E-state index contributed by atoms with van der Waals surface area (Å²) in [6.07, 6.45) is 4.97. The molecule has 2 unspecified atom stereocenters. The minimum absolute atomic E-state index is 0.583. The summed E-state index contributed by atoms with van der Waals surface area (Å²) < 4.78 is 0. The highest BCUT2D eigenvalue weighted by molar-refractivity contribution is 5.14. The Morgan fingerprint density at radius 3 is 2.67 bits per heavy atom. The first-order chi connectivity index (χ1) is 10.2. The van der Waals surface area contributed by atoms with Gasteiger partial charge in [-0.1, -0.05) is 30.3 Å². The molecule has 1 aromatic carbocycles. The molecule has 1 N–H and O–H groups in total. The van der Waals surface area contributed by atoms with Crippen molar-refractivity contribution >= 4 is 0 Å². The minimum Gasteiger partial charge on any atom is -0.315 e. The summed E-state index contributed by atoms with van der Waals surface area (Å²) in [6.45, 7) is 3.61. The van der Waals surface area contributed by atoms with Crippen LogP contribution < -0.4 is 5.32 Å². The van der Waals surface area contributed by atoms with Crippen LogP contribution in [0.3, 0.4) is 0 Å². The lowest BCUT2D eigenvalue weighted by Crippen LogP contribution is -2.51. The van der Waals surface area contributed by atoms with Crippen LogP contribution in [0.2, 0.25) is 0 Å². The van der Waals surface area contributed by atoms with Gasteiger partial charge in [-0.05, 0) is 65.5 Å². The van der Waals surface area contributed by atoms with Crippen molar-refractivity contribution in [3.05, 3.63) is 35.9 Å². The molecular weight excluding hydrogens is 258 g/mol. The van der Waals surface area contributed by atoms with E-state index in [9.17, 15) is 0 Å². The molecule has 3 nitrogen and oxygen atoms in total. The van der Waals surface area contributed by atoms with Crippen LogP contribution in [0.25, 0.3) is 0 Å². The van der Waals surface area contributed by atoms with E-state index >= 15 is 0 Å². The van der Waals surface area contributed by atoms with Crippen LogP contribution in [0.4, 0.5) is 0 Å². The summed E-state index contributed by atoms with van der Waals surface area (Å²) in [4.78, 5) is 5.03. The molecule has 3 heteroatoms. The van der Waals surface area contributed by atoms with Crippen LogP contribution in [0.1, 0.15) is 24.8 Å². The monoisotopic (exact) mass is 289 g/mol. The van der Waals surface area contributed by atoms with Gasteiger partial charge in [0, 0.05) is 18.6 Å². The average Bonchev–Trinajstić information content (AvgIpc) is 2.66. The van der Waals surface area contributed by atoms with Crippen LogP contribution in [-0.2, 0) is 6.42 Å². The maximum atomic E-state index is 3.57. The summed E-state index contributed by atoms with van der Waals surface area (Å²) in [5, 5.41) is 3.57. The molecule has 1 aliphatic rings. The first-order valence-electron chi connectivity index (χ1n) is 8.30. The smallest absolute Gasteiger partial charge is 0.0373 e. The molecule has 0 spiro atoms. The Kier molecular flexibility index (Phi) is 6.68. The van der Waals surface area contributed by atoms with E-state index in [1.54, 1.807) is 0 Å². The predicted molar refractivity (Wildman–Crippen MR) is 90.8 cm³/mol. The van der Waals surface area contributed by atoms with Crippen molar-refractivity contribution in [1.82, 2.24) is 15.1 Å². The zero-order valence-electron chi connectivity index (χ0n) is 13.9. The molecule has 1 fully saturated rings. The van der Waals surface area contributed by atoms with Gasteiger partial charge in [-0.2, -0.15) is 0 Å². The van der Waals surface area contributed by atoms with Crippen molar-refractivity contribution in [2.24, 2.45) is 0 Å². The molecule has 21 heavy (non-hydrogen) atoms. The number of hydrogen-bond donors (Lipinski definition) is 1. The van der Waals surface area contributed by atoms with Crippen LogP contribution >= 0.6 is 0 Å². The van der Waals surface area contributed by atoms with Gasteiger partial charge in [0.15, 0.2) is 0 Å². The van der Waals surface area contributed by atoms with E-state index in [4.69, 9.17) is 0 Å². The van der Waals surface area contributed by atoms with Crippen LogP contribution in [0, 0.1) is 0 Å². The van der Waals surface area contributed by atoms with E-state index in [0.29, 0.717) is 12.1 Å². The van der Waals surface area contributed by atoms with Crippen LogP contribution in [-0.4, -0.2) is 62.7 Å². The van der Waals surface area contributed by atoms with E-state index in [1.165, 1.54) is 50.9 Å². The zero-order valence-corrected chi connectivity index (χ0v) is 13.9. The summed E-state index contributed by atoms with van der Waals surface area (Å²) in [7, 11) is 6.65. The quantitative estimate of drug-likeness (QED) is 0.866. The SMILES string of the molecule is CNC(CCCc1ccccc1)C1CN(C)CCCN1C. The first kappa shape index (κ1) is 16.5. The highest BCUT2D eigenvalue weighted by atomic mass is 15.2. The van der Waals surface area contributed by atoms with Gasteiger partial charge in [-0.15, -0.1) is 0 Å². The summed E-state index contributed by atoms with van der Waals surface area (Å²) >= 11 is 0. The van der Waals surface area contributed by atoms with E-state index in [1.807, 2.05) is 0 Å². The lowest BCUT2D eigenvalue weighted by molar-refractivity contribution is 0.175. The van der Waals surface area contributed by atoms with Gasteiger partial charge in [-0.3, -0.25) is 0 Å². The molecule has 1 saturated heterocycles. The summed E-state index contributed by atoms with van der Waals surface area (Å²) in [5.74, 6) is 0. The number of nitrogens with zero attached hydrogens (tertiary/aromatic N) is 2. The van der Waals surface area contributed by atoms with Gasteiger partial charge in [-0.25, -0.2) is 0 Å². The normalized spacial score (nSPS) is 22.9. The number of rotatable bonds is 6. The third-order valence-corrected chi connectivity index (χ3v) is 4.77. The van der Waals surface area contributed by atoms with Gasteiger partial charge in [0.05, 0.1) is 0 Å². The molecule has 2 rings (SSSR count). The average molecular weight is 289 g/mol. The van der Waals surface area contributed by atoms with Gasteiger partial charge in [0.2, 0.25) is 0 Å². The number of likely N-dealkylation sites (N-methyl/N-ethyl adjacent to an activating group) is 3. The van der Waals surface area contributed by atoms with Crippen molar-refractivity contribution in [1.29, 1.82) is 0 Å². The van der Waals surface area contributed by atoms with E-state index < -0.39 is 0 Å². The molecule has 0 radical (unpaired) electrons. The molecule has 1 aliphatic heterocycles. The fourth-order valence-corrected chi connectivity index (χ4v) is 3.44. The predicted octanol–water partition coefficient (Wildman–Crippen LogP) is 2.23. The number of benzene rings is 1. The van der Waals surface area contributed by atoms with Crippen LogP contribution in [0.5, 0.6) is 0 Å². The Balaban J connectivity index is 1.86. The highest BCUT2D eigenvalue weighted by Crippen LogP contribution is 2.15. The van der Waals surface area contributed by atoms with Crippen molar-refractivity contribution in [2.75, 3.05) is 40.8 Å². The van der Waals surface area contributed by atoms with Crippen molar-refractivity contribution in [2.45, 2.75) is 37.8 Å². The highest BCUT2D eigenvalue weighted by Gasteiger charge is 2.27. The van der Waals surface area contributed by atoms with Crippen molar-refractivity contribution in [3.63, 3.8) is 0 Å². The lowest BCUT2D eigenvalue weighted by Gasteiger charge is -2.34. The maximum Gasteiger partial charge on any atom is 0.0373 e. The molecule has 1 aromatic rings. The second-order valence-electron chi connectivity index (χ2n) is 6.44. The topological polar surface area (TPSA) is 18.5 Å². The van der Waals surface area contributed by atoms with Gasteiger partial charge in [0.25, 0.3) is 0 Å². The number of hydrogen-bond acceptors (Lipinski definition) is 3. The number of aryl methyl sites for hydroxylation is 1. The fourth-order valence-electron chi connectivity index (χ4n) is 3.44. The molecule has 0 saturated carbocycles. The minimum atomic E-state index is 0.583. The summed E-state index contributed by atoms with van der Waals surface area (Å²) in [6, 6.07) is 12.0. The molecule has 0 amide bonds. The van der Waals surface area contributed by atoms with E-state index in [0.717, 1.165) is 0 Å². The third kappa shape index (κ3) is 5.10. The first-order valence-corrected chi connectivity index (χ1v) is 8.30. The Morgan fingerprint density at radius 2 is 1.95 bits per heavy atom. The Labute approximate surface area is 130 Å².